The van der Waals surface area contributed by atoms with Gasteiger partial charge in [0.25, 0.3) is 0 Å². The van der Waals surface area contributed by atoms with Gasteiger partial charge in [-0.3, -0.25) is 28.9 Å². The number of amides is 6. The molecular weight excluding hydrogens is 827 g/mol. The first-order valence-electron chi connectivity index (χ1n) is 24.1. The van der Waals surface area contributed by atoms with Crippen molar-refractivity contribution in [3.63, 3.8) is 0 Å². The van der Waals surface area contributed by atoms with Gasteiger partial charge >= 0.3 is 6.09 Å². The van der Waals surface area contributed by atoms with Crippen LogP contribution in [-0.2, 0) is 46.7 Å². The lowest BCUT2D eigenvalue weighted by atomic mass is 9.83. The van der Waals surface area contributed by atoms with Crippen molar-refractivity contribution < 1.29 is 38.2 Å². The Morgan fingerprint density at radius 2 is 1.37 bits per heavy atom. The zero-order valence-corrected chi connectivity index (χ0v) is 39.5. The van der Waals surface area contributed by atoms with Crippen LogP contribution in [-0.4, -0.2) is 114 Å². The molecule has 65 heavy (non-hydrogen) atoms. The monoisotopic (exact) mass is 902 g/mol. The van der Waals surface area contributed by atoms with Crippen molar-refractivity contribution in [3.8, 4) is 0 Å². The maximum absolute atomic E-state index is 14.7. The zero-order valence-electron chi connectivity index (χ0n) is 39.5. The molecule has 2 aromatic carbocycles. The molecule has 2 saturated carbocycles. The third-order valence-electron chi connectivity index (χ3n) is 13.4. The maximum atomic E-state index is 14.7. The Morgan fingerprint density at radius 3 is 1.98 bits per heavy atom. The fraction of sp³-hybridized carbons (Fsp3) is 0.640. The van der Waals surface area contributed by atoms with E-state index < -0.39 is 72.1 Å². The second kappa shape index (κ2) is 25.6. The fourth-order valence-corrected chi connectivity index (χ4v) is 9.35. The van der Waals surface area contributed by atoms with Crippen LogP contribution in [0.25, 0.3) is 0 Å². The van der Waals surface area contributed by atoms with Crippen molar-refractivity contribution >= 4 is 35.6 Å². The lowest BCUT2D eigenvalue weighted by molar-refractivity contribution is -0.145. The molecule has 0 aromatic heterocycles. The summed E-state index contributed by atoms with van der Waals surface area (Å²) in [6, 6.07) is 13.0. The Hall–Kier alpha value is -5.02. The van der Waals surface area contributed by atoms with Crippen molar-refractivity contribution in [2.24, 2.45) is 17.8 Å². The first-order valence-corrected chi connectivity index (χ1v) is 24.1. The summed E-state index contributed by atoms with van der Waals surface area (Å²) in [6.07, 6.45) is 7.63. The van der Waals surface area contributed by atoms with Crippen LogP contribution in [0.1, 0.15) is 116 Å². The molecule has 0 unspecified atom stereocenters. The highest BCUT2D eigenvalue weighted by molar-refractivity contribution is 5.96. The molecule has 15 nitrogen and oxygen atoms in total. The molecule has 358 valence electrons. The lowest BCUT2D eigenvalue weighted by Gasteiger charge is -2.39. The highest BCUT2D eigenvalue weighted by Crippen LogP contribution is 2.29. The van der Waals surface area contributed by atoms with E-state index in [9.17, 15) is 28.8 Å². The molecule has 3 aliphatic rings. The molecule has 15 heteroatoms. The van der Waals surface area contributed by atoms with E-state index in [-0.39, 0.29) is 37.5 Å². The second-order valence-corrected chi connectivity index (χ2v) is 18.9. The number of nitrogens with one attached hydrogen (secondary N) is 5. The average Bonchev–Trinajstić information content (AvgIpc) is 3.83. The smallest absolute Gasteiger partial charge is 0.407 e. The molecule has 3 fully saturated rings. The highest BCUT2D eigenvalue weighted by atomic mass is 16.5. The number of carbonyl (C=O) groups is 6. The predicted molar refractivity (Wildman–Crippen MR) is 249 cm³/mol. The SMILES string of the molecule is CC[C@@H]1CN(CC2CCCC2)[C@@H](C)C(=O)N(C)[C@@H](CC(C)C)C(=O)N[C@@H](C2CCCCC2)C(=O)N[C@@H](CNC(=O)OCc2ccccc2)C(=O)N[C@@H]([C@H](C)OCc2ccccc2)C(=O)N1. The van der Waals surface area contributed by atoms with Crippen molar-refractivity contribution in [2.45, 2.75) is 161 Å². The van der Waals surface area contributed by atoms with Crippen molar-refractivity contribution in [3.05, 3.63) is 71.8 Å². The summed E-state index contributed by atoms with van der Waals surface area (Å²) in [7, 11) is 1.66. The summed E-state index contributed by atoms with van der Waals surface area (Å²) in [5, 5.41) is 14.6. The summed E-state index contributed by atoms with van der Waals surface area (Å²) in [4.78, 5) is 89.9. The van der Waals surface area contributed by atoms with E-state index in [1.807, 2.05) is 88.4 Å². The molecule has 6 amide bonds. The number of nitrogens with zero attached hydrogens (tertiary/aromatic N) is 2. The second-order valence-electron chi connectivity index (χ2n) is 18.9. The van der Waals surface area contributed by atoms with Gasteiger partial charge in [0.15, 0.2) is 0 Å². The number of hydrogen-bond donors (Lipinski definition) is 5. The molecule has 0 radical (unpaired) electrons. The molecular formula is C50H75N7O8. The summed E-state index contributed by atoms with van der Waals surface area (Å²) >= 11 is 0. The Labute approximate surface area is 386 Å². The highest BCUT2D eigenvalue weighted by Gasteiger charge is 2.40. The number of likely N-dealkylation sites (N-methyl/N-ethyl adjacent to an activating group) is 1. The lowest BCUT2D eigenvalue weighted by Crippen LogP contribution is -2.64. The molecule has 7 atom stereocenters. The van der Waals surface area contributed by atoms with Gasteiger partial charge in [-0.25, -0.2) is 4.79 Å². The van der Waals surface area contributed by atoms with E-state index in [0.29, 0.717) is 44.7 Å². The van der Waals surface area contributed by atoms with E-state index in [1.54, 1.807) is 14.0 Å². The van der Waals surface area contributed by atoms with E-state index in [2.05, 4.69) is 31.5 Å². The summed E-state index contributed by atoms with van der Waals surface area (Å²) in [6.45, 7) is 10.3. The Balaban J connectivity index is 1.52. The van der Waals surface area contributed by atoms with Crippen LogP contribution in [0.4, 0.5) is 4.79 Å². The molecule has 1 heterocycles. The average molecular weight is 902 g/mol. The molecule has 1 saturated heterocycles. The van der Waals surface area contributed by atoms with Gasteiger partial charge < -0.3 is 41.0 Å². The van der Waals surface area contributed by atoms with Gasteiger partial charge in [-0.2, -0.15) is 0 Å². The molecule has 0 bridgehead atoms. The number of alkyl carbamates (subject to hydrolysis) is 1. The molecule has 5 rings (SSSR count). The minimum absolute atomic E-state index is 0.0197. The normalized spacial score (nSPS) is 25.8. The number of rotatable bonds is 14. The van der Waals surface area contributed by atoms with Crippen LogP contribution in [0.15, 0.2) is 60.7 Å². The topological polar surface area (TPSA) is 188 Å². The standard InChI is InChI=1S/C50H75N7O8/c1-7-40-30-57(29-36-19-17-18-20-36)34(4)49(62)56(6)42(27-33(2)3)46(59)55-44(39-25-15-10-16-26-39)48(61)53-41(28-51-50(63)65-32-38-23-13-9-14-24-38)45(58)54-43(47(60)52-40)35(5)64-31-37-21-11-8-12-22-37/h8-9,11-14,21-24,33-36,39-44H,7,10,15-20,25-32H2,1-6H3,(H,51,63)(H,52,60)(H,53,61)(H,54,58)(H,55,59)/t34-,35-,40+,41-,42-,43-,44-/m0/s1. The number of ether oxygens (including phenoxy) is 2. The van der Waals surface area contributed by atoms with E-state index in [0.717, 1.165) is 56.1 Å². The zero-order chi connectivity index (χ0) is 46.9. The van der Waals surface area contributed by atoms with E-state index >= 15 is 0 Å². The summed E-state index contributed by atoms with van der Waals surface area (Å²) < 4.78 is 11.7. The maximum Gasteiger partial charge on any atom is 0.407 e. The Bertz CT molecular complexity index is 1840. The van der Waals surface area contributed by atoms with Crippen LogP contribution in [0.5, 0.6) is 0 Å². The predicted octanol–water partition coefficient (Wildman–Crippen LogP) is 5.22. The van der Waals surface area contributed by atoms with Crippen LogP contribution in [0.2, 0.25) is 0 Å². The van der Waals surface area contributed by atoms with Gasteiger partial charge in [-0.15, -0.1) is 0 Å². The van der Waals surface area contributed by atoms with Gasteiger partial charge in [-0.05, 0) is 81.3 Å². The molecule has 5 N–H and O–H groups in total. The number of carbonyl (C=O) groups excluding carboxylic acids is 6. The minimum Gasteiger partial charge on any atom is -0.445 e. The van der Waals surface area contributed by atoms with E-state index in [4.69, 9.17) is 9.47 Å². The minimum atomic E-state index is -1.40. The summed E-state index contributed by atoms with van der Waals surface area (Å²) in [5.74, 6) is -2.33. The molecule has 1 aliphatic heterocycles. The fourth-order valence-electron chi connectivity index (χ4n) is 9.35. The first-order chi connectivity index (χ1) is 31.2. The van der Waals surface area contributed by atoms with Crippen molar-refractivity contribution in [1.29, 1.82) is 0 Å². The van der Waals surface area contributed by atoms with Crippen LogP contribution >= 0.6 is 0 Å². The van der Waals surface area contributed by atoms with Crippen LogP contribution in [0.3, 0.4) is 0 Å². The summed E-state index contributed by atoms with van der Waals surface area (Å²) in [5.41, 5.74) is 1.64. The van der Waals surface area contributed by atoms with Gasteiger partial charge in [0.05, 0.1) is 25.3 Å². The van der Waals surface area contributed by atoms with Gasteiger partial charge in [0.2, 0.25) is 29.5 Å². The molecule has 0 spiro atoms. The van der Waals surface area contributed by atoms with Crippen molar-refractivity contribution in [1.82, 2.24) is 36.4 Å². The Morgan fingerprint density at radius 1 is 0.754 bits per heavy atom. The quantitative estimate of drug-likeness (QED) is 0.170. The molecule has 2 aromatic rings. The number of hydrogen-bond acceptors (Lipinski definition) is 9. The van der Waals surface area contributed by atoms with E-state index in [1.165, 1.54) is 4.90 Å². The Kier molecular flexibility index (Phi) is 20.1. The van der Waals surface area contributed by atoms with Gasteiger partial charge in [0, 0.05) is 26.2 Å². The van der Waals surface area contributed by atoms with Gasteiger partial charge in [0.1, 0.15) is 30.8 Å². The van der Waals surface area contributed by atoms with Gasteiger partial charge in [-0.1, -0.05) is 114 Å². The van der Waals surface area contributed by atoms with Crippen LogP contribution < -0.4 is 26.6 Å². The largest absolute Gasteiger partial charge is 0.445 e. The first kappa shape index (κ1) is 51.0. The van der Waals surface area contributed by atoms with Crippen molar-refractivity contribution in [2.75, 3.05) is 26.7 Å². The third kappa shape index (κ3) is 15.5. The molecule has 2 aliphatic carbocycles. The van der Waals surface area contributed by atoms with Crippen LogP contribution in [0, 0.1) is 17.8 Å². The number of benzene rings is 2. The third-order valence-corrected chi connectivity index (χ3v) is 13.4.